The molecule has 0 aromatic carbocycles. The van der Waals surface area contributed by atoms with E-state index in [1.807, 2.05) is 0 Å². The molecule has 0 aliphatic carbocycles. The van der Waals surface area contributed by atoms with Gasteiger partial charge in [-0.25, -0.2) is 0 Å². The van der Waals surface area contributed by atoms with Crippen molar-refractivity contribution in [3.05, 3.63) is 0 Å². The zero-order valence-electron chi connectivity index (χ0n) is 30.4. The average Bonchev–Trinajstić information content (AvgIpc) is 2.98. The summed E-state index contributed by atoms with van der Waals surface area (Å²) in [6.07, 6.45) is 42.9. The molecule has 0 fully saturated rings. The minimum atomic E-state index is -0.902. The van der Waals surface area contributed by atoms with Crippen LogP contribution in [0.2, 0.25) is 0 Å². The zero-order valence-corrected chi connectivity index (χ0v) is 33.5. The fourth-order valence-electron chi connectivity index (χ4n) is 6.43. The van der Waals surface area contributed by atoms with Gasteiger partial charge < -0.3 is 14.8 Å². The van der Waals surface area contributed by atoms with E-state index in [1.165, 1.54) is 193 Å². The number of hydrogen-bond acceptors (Lipinski definition) is 3. The maximum atomic E-state index is 11.0. The molecule has 252 valence electrons. The molecule has 1 atom stereocenters. The van der Waals surface area contributed by atoms with E-state index in [-0.39, 0.29) is 57.8 Å². The van der Waals surface area contributed by atoms with Gasteiger partial charge in [0, 0.05) is 12.0 Å². The summed E-state index contributed by atoms with van der Waals surface area (Å²) in [7, 11) is 0. The van der Waals surface area contributed by atoms with Gasteiger partial charge in [-0.05, 0) is 45.7 Å². The maximum absolute atomic E-state index is 11.0. The quantitative estimate of drug-likeness (QED) is 0.0512. The number of rotatable bonds is 36. The van der Waals surface area contributed by atoms with Crippen LogP contribution < -0.4 is 56.5 Å². The van der Waals surface area contributed by atoms with Crippen molar-refractivity contribution in [2.24, 2.45) is 0 Å². The normalized spacial score (nSPS) is 12.1. The number of carbonyl (C=O) groups is 1. The van der Waals surface area contributed by atoms with Gasteiger partial charge >= 0.3 is 51.4 Å². The van der Waals surface area contributed by atoms with Crippen LogP contribution in [0.25, 0.3) is 0 Å². The summed E-state index contributed by atoms with van der Waals surface area (Å²) in [5, 5.41) is 11.0. The number of carboxylic acids is 1. The first-order chi connectivity index (χ1) is 20.6. The first-order valence-corrected chi connectivity index (χ1v) is 19.6. The molecule has 0 N–H and O–H groups in total. The van der Waals surface area contributed by atoms with Crippen molar-refractivity contribution in [1.29, 1.82) is 0 Å². The van der Waals surface area contributed by atoms with Crippen molar-refractivity contribution in [3.63, 3.8) is 0 Å². The number of unbranched alkanes of at least 4 members (excludes halogenated alkanes) is 28. The van der Waals surface area contributed by atoms with Gasteiger partial charge in [0.2, 0.25) is 0 Å². The van der Waals surface area contributed by atoms with E-state index < -0.39 is 5.97 Å². The predicted octanol–water partition coefficient (Wildman–Crippen LogP) is 8.95. The van der Waals surface area contributed by atoms with Gasteiger partial charge in [-0.1, -0.05) is 194 Å². The fraction of sp³-hybridized carbons (Fsp3) is 0.974. The molecule has 0 aliphatic rings. The Labute approximate surface area is 314 Å². The summed E-state index contributed by atoms with van der Waals surface area (Å²) in [5.74, 6) is -0.902. The van der Waals surface area contributed by atoms with Gasteiger partial charge in [0.15, 0.2) is 0 Å². The Morgan fingerprint density at radius 3 is 0.930 bits per heavy atom. The van der Waals surface area contributed by atoms with Crippen LogP contribution in [0.15, 0.2) is 0 Å². The Morgan fingerprint density at radius 2 is 0.698 bits per heavy atom. The summed E-state index contributed by atoms with van der Waals surface area (Å²) in [4.78, 5) is 13.6. The molecule has 0 bridgehead atoms. The van der Waals surface area contributed by atoms with Gasteiger partial charge in [-0.15, -0.1) is 0 Å². The minimum absolute atomic E-state index is 0. The third kappa shape index (κ3) is 37.4. The van der Waals surface area contributed by atoms with Crippen molar-refractivity contribution >= 4 is 5.97 Å². The Morgan fingerprint density at radius 1 is 0.465 bits per heavy atom. The molecule has 3 nitrogen and oxygen atoms in total. The maximum Gasteiger partial charge on any atom is 1.00 e. The number of hydrogen-bond donors (Lipinski definition) is 0. The van der Waals surface area contributed by atoms with Crippen LogP contribution in [0.4, 0.5) is 0 Å². The largest absolute Gasteiger partial charge is 1.00 e. The molecule has 0 aromatic rings. The van der Waals surface area contributed by atoms with E-state index in [0.29, 0.717) is 6.04 Å². The zero-order chi connectivity index (χ0) is 30.8. The number of aliphatic carboxylic acids is 1. The second-order valence-electron chi connectivity index (χ2n) is 13.7. The standard InChI is InChI=1S/C39H79NO2.K/c1-4-6-8-10-12-14-16-18-20-22-24-26-28-30-32-36-40(38(3)34-35-39(41)42)37-33-31-29-27-25-23-21-19-17-15-13-11-9-7-5-2;/h38H,4-37H2,1-3H3,(H,41,42);/q;+1/p-1. The molecule has 43 heavy (non-hydrogen) atoms. The van der Waals surface area contributed by atoms with Crippen LogP contribution in [-0.4, -0.2) is 30.0 Å². The van der Waals surface area contributed by atoms with Crippen molar-refractivity contribution in [2.75, 3.05) is 13.1 Å². The molecule has 0 spiro atoms. The number of carboxylic acid groups (broad SMARTS) is 1. The van der Waals surface area contributed by atoms with Crippen LogP contribution in [0.3, 0.4) is 0 Å². The molecule has 0 amide bonds. The topological polar surface area (TPSA) is 43.4 Å². The van der Waals surface area contributed by atoms with E-state index in [0.717, 1.165) is 19.5 Å². The van der Waals surface area contributed by atoms with E-state index >= 15 is 0 Å². The molecule has 0 saturated heterocycles. The molecular weight excluding hydrogens is 554 g/mol. The van der Waals surface area contributed by atoms with Gasteiger partial charge in [0.25, 0.3) is 0 Å². The number of carbonyl (C=O) groups excluding carboxylic acids is 1. The monoisotopic (exact) mass is 632 g/mol. The van der Waals surface area contributed by atoms with Crippen LogP contribution in [0, 0.1) is 0 Å². The molecular formula is C39H78KNO2. The van der Waals surface area contributed by atoms with Gasteiger partial charge in [0.1, 0.15) is 0 Å². The minimum Gasteiger partial charge on any atom is -0.550 e. The van der Waals surface area contributed by atoms with Crippen molar-refractivity contribution < 1.29 is 61.3 Å². The van der Waals surface area contributed by atoms with Crippen LogP contribution >= 0.6 is 0 Å². The molecule has 0 saturated carbocycles. The Balaban J connectivity index is 0. The molecule has 0 heterocycles. The molecule has 0 rings (SSSR count). The first-order valence-electron chi connectivity index (χ1n) is 19.6. The fourth-order valence-corrected chi connectivity index (χ4v) is 6.43. The number of nitrogens with zero attached hydrogens (tertiary/aromatic N) is 1. The van der Waals surface area contributed by atoms with Gasteiger partial charge in [-0.2, -0.15) is 0 Å². The van der Waals surface area contributed by atoms with Crippen molar-refractivity contribution in [3.8, 4) is 0 Å². The second-order valence-corrected chi connectivity index (χ2v) is 13.7. The molecule has 0 radical (unpaired) electrons. The van der Waals surface area contributed by atoms with E-state index in [2.05, 4.69) is 25.7 Å². The average molecular weight is 632 g/mol. The van der Waals surface area contributed by atoms with E-state index in [1.54, 1.807) is 0 Å². The van der Waals surface area contributed by atoms with Crippen molar-refractivity contribution in [1.82, 2.24) is 4.90 Å². The molecule has 0 aliphatic heterocycles. The van der Waals surface area contributed by atoms with Gasteiger partial charge in [0.05, 0.1) is 0 Å². The molecule has 0 aromatic heterocycles. The van der Waals surface area contributed by atoms with Crippen LogP contribution in [-0.2, 0) is 4.79 Å². The Hall–Kier alpha value is 1.07. The first kappa shape index (κ1) is 46.2. The molecule has 1 unspecified atom stereocenters. The second kappa shape index (κ2) is 39.2. The predicted molar refractivity (Wildman–Crippen MR) is 185 cm³/mol. The smallest absolute Gasteiger partial charge is 0.550 e. The van der Waals surface area contributed by atoms with E-state index in [4.69, 9.17) is 0 Å². The Kier molecular flexibility index (Phi) is 42.2. The summed E-state index contributed by atoms with van der Waals surface area (Å²) in [5.41, 5.74) is 0. The summed E-state index contributed by atoms with van der Waals surface area (Å²) < 4.78 is 0. The third-order valence-electron chi connectivity index (χ3n) is 9.49. The SMILES string of the molecule is CCCCCCCCCCCCCCCCCN(CCCCCCCCCCCCCCCCC)C(C)CCC(=O)[O-].[K+]. The van der Waals surface area contributed by atoms with E-state index in [9.17, 15) is 9.90 Å². The summed E-state index contributed by atoms with van der Waals surface area (Å²) >= 11 is 0. The summed E-state index contributed by atoms with van der Waals surface area (Å²) in [6.45, 7) is 9.07. The Bertz CT molecular complexity index is 495. The van der Waals surface area contributed by atoms with Gasteiger partial charge in [-0.3, -0.25) is 0 Å². The summed E-state index contributed by atoms with van der Waals surface area (Å²) in [6, 6.07) is 0.348. The molecule has 4 heteroatoms. The van der Waals surface area contributed by atoms with Crippen LogP contribution in [0.1, 0.15) is 226 Å². The van der Waals surface area contributed by atoms with Crippen LogP contribution in [0.5, 0.6) is 0 Å². The van der Waals surface area contributed by atoms with Crippen molar-refractivity contribution in [2.45, 2.75) is 232 Å². The third-order valence-corrected chi connectivity index (χ3v) is 9.49.